The standard InChI is InChI=1S/C12H15NO/c1-3-11-6-10-7-12(14-2)5-4-9(10)8-13-11/h4-5,7-8,11H,3,6H2,1-2H3. The first-order valence-corrected chi connectivity index (χ1v) is 5.03. The maximum atomic E-state index is 5.20. The normalized spacial score (nSPS) is 19.1. The summed E-state index contributed by atoms with van der Waals surface area (Å²) in [4.78, 5) is 4.48. The average molecular weight is 189 g/mol. The topological polar surface area (TPSA) is 21.6 Å². The first-order chi connectivity index (χ1) is 6.83. The second-order valence-electron chi connectivity index (χ2n) is 3.61. The maximum absolute atomic E-state index is 5.20. The molecule has 0 saturated carbocycles. The molecular weight excluding hydrogens is 174 g/mol. The van der Waals surface area contributed by atoms with Gasteiger partial charge in [-0.05, 0) is 42.2 Å². The molecule has 0 amide bonds. The van der Waals surface area contributed by atoms with Gasteiger partial charge in [-0.3, -0.25) is 4.99 Å². The predicted octanol–water partition coefficient (Wildman–Crippen LogP) is 2.45. The Morgan fingerprint density at radius 1 is 1.50 bits per heavy atom. The molecule has 0 aromatic heterocycles. The van der Waals surface area contributed by atoms with Crippen LogP contribution < -0.4 is 4.74 Å². The number of fused-ring (bicyclic) bond motifs is 1. The molecule has 0 spiro atoms. The van der Waals surface area contributed by atoms with E-state index >= 15 is 0 Å². The first kappa shape index (κ1) is 9.25. The quantitative estimate of drug-likeness (QED) is 0.700. The van der Waals surface area contributed by atoms with Gasteiger partial charge in [0.25, 0.3) is 0 Å². The van der Waals surface area contributed by atoms with Crippen LogP contribution in [0.3, 0.4) is 0 Å². The lowest BCUT2D eigenvalue weighted by Crippen LogP contribution is -2.14. The van der Waals surface area contributed by atoms with E-state index in [-0.39, 0.29) is 0 Å². The third-order valence-corrected chi connectivity index (χ3v) is 2.70. The minimum atomic E-state index is 0.453. The van der Waals surface area contributed by atoms with Gasteiger partial charge in [0.15, 0.2) is 0 Å². The summed E-state index contributed by atoms with van der Waals surface area (Å²) in [5.74, 6) is 0.939. The molecule has 14 heavy (non-hydrogen) atoms. The van der Waals surface area contributed by atoms with Crippen LogP contribution >= 0.6 is 0 Å². The highest BCUT2D eigenvalue weighted by atomic mass is 16.5. The highest BCUT2D eigenvalue weighted by Gasteiger charge is 2.13. The molecule has 1 unspecified atom stereocenters. The van der Waals surface area contributed by atoms with Crippen LogP contribution in [0, 0.1) is 0 Å². The maximum Gasteiger partial charge on any atom is 0.119 e. The molecule has 0 radical (unpaired) electrons. The number of rotatable bonds is 2. The molecule has 2 heteroatoms. The lowest BCUT2D eigenvalue weighted by atomic mass is 9.96. The van der Waals surface area contributed by atoms with E-state index in [0.717, 1.165) is 18.6 Å². The van der Waals surface area contributed by atoms with Crippen LogP contribution in [-0.2, 0) is 6.42 Å². The highest BCUT2D eigenvalue weighted by Crippen LogP contribution is 2.22. The van der Waals surface area contributed by atoms with E-state index < -0.39 is 0 Å². The van der Waals surface area contributed by atoms with E-state index in [4.69, 9.17) is 4.74 Å². The first-order valence-electron chi connectivity index (χ1n) is 5.03. The molecule has 1 aromatic rings. The van der Waals surface area contributed by atoms with Crippen molar-refractivity contribution in [1.29, 1.82) is 0 Å². The van der Waals surface area contributed by atoms with E-state index in [1.807, 2.05) is 12.3 Å². The average Bonchev–Trinajstić information content (AvgIpc) is 2.27. The van der Waals surface area contributed by atoms with Crippen LogP contribution in [0.4, 0.5) is 0 Å². The van der Waals surface area contributed by atoms with Crippen molar-refractivity contribution in [2.24, 2.45) is 4.99 Å². The van der Waals surface area contributed by atoms with Gasteiger partial charge >= 0.3 is 0 Å². The lowest BCUT2D eigenvalue weighted by Gasteiger charge is -2.17. The van der Waals surface area contributed by atoms with Gasteiger partial charge < -0.3 is 4.74 Å². The van der Waals surface area contributed by atoms with Crippen molar-refractivity contribution in [3.63, 3.8) is 0 Å². The number of benzene rings is 1. The van der Waals surface area contributed by atoms with Crippen molar-refractivity contribution < 1.29 is 4.74 Å². The molecule has 0 N–H and O–H groups in total. The number of hydrogen-bond donors (Lipinski definition) is 0. The summed E-state index contributed by atoms with van der Waals surface area (Å²) in [5, 5.41) is 0. The van der Waals surface area contributed by atoms with Gasteiger partial charge in [0.2, 0.25) is 0 Å². The van der Waals surface area contributed by atoms with Crippen LogP contribution in [0.25, 0.3) is 0 Å². The van der Waals surface area contributed by atoms with E-state index in [0.29, 0.717) is 6.04 Å². The highest BCUT2D eigenvalue weighted by molar-refractivity contribution is 5.83. The van der Waals surface area contributed by atoms with Crippen molar-refractivity contribution >= 4 is 6.21 Å². The third-order valence-electron chi connectivity index (χ3n) is 2.70. The van der Waals surface area contributed by atoms with E-state index in [9.17, 15) is 0 Å². The van der Waals surface area contributed by atoms with Crippen molar-refractivity contribution in [2.45, 2.75) is 25.8 Å². The molecule has 0 aliphatic carbocycles. The Kier molecular flexibility index (Phi) is 2.53. The van der Waals surface area contributed by atoms with Gasteiger partial charge in [-0.15, -0.1) is 0 Å². The van der Waals surface area contributed by atoms with Crippen molar-refractivity contribution in [3.05, 3.63) is 29.3 Å². The third kappa shape index (κ3) is 1.65. The van der Waals surface area contributed by atoms with Gasteiger partial charge in [-0.2, -0.15) is 0 Å². The minimum Gasteiger partial charge on any atom is -0.497 e. The summed E-state index contributed by atoms with van der Waals surface area (Å²) < 4.78 is 5.20. The number of ether oxygens (including phenoxy) is 1. The van der Waals surface area contributed by atoms with Crippen LogP contribution in [0.2, 0.25) is 0 Å². The summed E-state index contributed by atoms with van der Waals surface area (Å²) in [6, 6.07) is 6.62. The van der Waals surface area contributed by atoms with Gasteiger partial charge in [-0.1, -0.05) is 6.92 Å². The van der Waals surface area contributed by atoms with Gasteiger partial charge in [0, 0.05) is 6.21 Å². The molecule has 1 atom stereocenters. The van der Waals surface area contributed by atoms with E-state index in [2.05, 4.69) is 24.0 Å². The largest absolute Gasteiger partial charge is 0.497 e. The number of hydrogen-bond acceptors (Lipinski definition) is 2. The Balaban J connectivity index is 2.32. The molecule has 1 heterocycles. The molecule has 0 saturated heterocycles. The Bertz CT molecular complexity index is 357. The number of methoxy groups -OCH3 is 1. The molecule has 0 bridgehead atoms. The van der Waals surface area contributed by atoms with Crippen molar-refractivity contribution in [3.8, 4) is 5.75 Å². The fraction of sp³-hybridized carbons (Fsp3) is 0.417. The molecular formula is C12H15NO. The number of aliphatic imine (C=N–C) groups is 1. The smallest absolute Gasteiger partial charge is 0.119 e. The summed E-state index contributed by atoms with van der Waals surface area (Å²) in [5.41, 5.74) is 2.58. The summed E-state index contributed by atoms with van der Waals surface area (Å²) in [7, 11) is 1.70. The summed E-state index contributed by atoms with van der Waals surface area (Å²) >= 11 is 0. The lowest BCUT2D eigenvalue weighted by molar-refractivity contribution is 0.414. The van der Waals surface area contributed by atoms with Gasteiger partial charge in [0.1, 0.15) is 5.75 Å². The van der Waals surface area contributed by atoms with Gasteiger partial charge in [-0.25, -0.2) is 0 Å². The van der Waals surface area contributed by atoms with Crippen LogP contribution in [0.1, 0.15) is 24.5 Å². The monoisotopic (exact) mass is 189 g/mol. The Morgan fingerprint density at radius 2 is 2.36 bits per heavy atom. The molecule has 1 aliphatic rings. The molecule has 1 aromatic carbocycles. The molecule has 1 aliphatic heterocycles. The minimum absolute atomic E-state index is 0.453. The SMILES string of the molecule is CCC1Cc2cc(OC)ccc2C=N1. The van der Waals surface area contributed by atoms with Crippen LogP contribution in [0.15, 0.2) is 23.2 Å². The van der Waals surface area contributed by atoms with E-state index in [1.165, 1.54) is 11.1 Å². The molecule has 2 nitrogen and oxygen atoms in total. The Labute approximate surface area is 84.6 Å². The molecule has 74 valence electrons. The van der Waals surface area contributed by atoms with Crippen LogP contribution in [-0.4, -0.2) is 19.4 Å². The molecule has 0 fully saturated rings. The zero-order chi connectivity index (χ0) is 9.97. The fourth-order valence-corrected chi connectivity index (χ4v) is 1.75. The predicted molar refractivity (Wildman–Crippen MR) is 58.4 cm³/mol. The van der Waals surface area contributed by atoms with Gasteiger partial charge in [0.05, 0.1) is 13.2 Å². The Morgan fingerprint density at radius 3 is 3.07 bits per heavy atom. The van der Waals surface area contributed by atoms with Crippen molar-refractivity contribution in [1.82, 2.24) is 0 Å². The summed E-state index contributed by atoms with van der Waals surface area (Å²) in [6.45, 7) is 2.17. The fourth-order valence-electron chi connectivity index (χ4n) is 1.75. The number of nitrogens with zero attached hydrogens (tertiary/aromatic N) is 1. The second-order valence-corrected chi connectivity index (χ2v) is 3.61. The Hall–Kier alpha value is -1.31. The summed E-state index contributed by atoms with van der Waals surface area (Å²) in [6.07, 6.45) is 4.12. The van der Waals surface area contributed by atoms with E-state index in [1.54, 1.807) is 7.11 Å². The molecule has 2 rings (SSSR count). The second kappa shape index (κ2) is 3.82. The zero-order valence-corrected chi connectivity index (χ0v) is 8.66. The van der Waals surface area contributed by atoms with Crippen molar-refractivity contribution in [2.75, 3.05) is 7.11 Å². The van der Waals surface area contributed by atoms with Crippen LogP contribution in [0.5, 0.6) is 5.75 Å². The zero-order valence-electron chi connectivity index (χ0n) is 8.66.